The molecule has 0 fully saturated rings. The van der Waals surface area contributed by atoms with E-state index in [0.29, 0.717) is 5.57 Å². The number of benzene rings is 2. The Balaban J connectivity index is 2.18. The molecule has 168 valence electrons. The first-order valence-electron chi connectivity index (χ1n) is 9.64. The summed E-state index contributed by atoms with van der Waals surface area (Å²) in [5.41, 5.74) is -2.84. The average molecular weight is 453 g/mol. The van der Waals surface area contributed by atoms with Gasteiger partial charge in [0.15, 0.2) is 0 Å². The maximum absolute atomic E-state index is 15.0. The lowest BCUT2D eigenvalue weighted by atomic mass is 10.2. The molecule has 9 heteroatoms. The van der Waals surface area contributed by atoms with Gasteiger partial charge in [-0.15, -0.1) is 0 Å². The lowest BCUT2D eigenvalue weighted by Gasteiger charge is -2.29. The molecule has 2 N–H and O–H groups in total. The molecule has 0 amide bonds. The van der Waals surface area contributed by atoms with Crippen molar-refractivity contribution in [2.75, 3.05) is 6.61 Å². The zero-order chi connectivity index (χ0) is 22.9. The Morgan fingerprint density at radius 1 is 1.16 bits per heavy atom. The predicted octanol–water partition coefficient (Wildman–Crippen LogP) is 4.90. The van der Waals surface area contributed by atoms with Gasteiger partial charge in [0.05, 0.1) is 6.61 Å². The summed E-state index contributed by atoms with van der Waals surface area (Å²) in [5.74, 6) is -0.885. The molecule has 0 aliphatic heterocycles. The van der Waals surface area contributed by atoms with Crippen LogP contribution in [0, 0.1) is 0 Å². The number of ether oxygens (including phenoxy) is 1. The van der Waals surface area contributed by atoms with Gasteiger partial charge in [0, 0.05) is 6.42 Å². The largest absolute Gasteiger partial charge is 0.460 e. The molecule has 31 heavy (non-hydrogen) atoms. The van der Waals surface area contributed by atoms with E-state index >= 15 is 8.78 Å². The van der Waals surface area contributed by atoms with Gasteiger partial charge >= 0.3 is 19.2 Å². The first-order chi connectivity index (χ1) is 14.7. The van der Waals surface area contributed by atoms with Crippen LogP contribution in [0.2, 0.25) is 0 Å². The number of alkyl halides is 2. The van der Waals surface area contributed by atoms with Gasteiger partial charge in [-0.25, -0.2) is 5.09 Å². The summed E-state index contributed by atoms with van der Waals surface area (Å²) in [6.45, 7) is 2.29. The van der Waals surface area contributed by atoms with Crippen molar-refractivity contribution in [3.63, 3.8) is 0 Å². The Hall–Kier alpha value is -2.54. The fourth-order valence-corrected chi connectivity index (χ4v) is 4.20. The number of halogens is 2. The van der Waals surface area contributed by atoms with Crippen molar-refractivity contribution in [1.82, 2.24) is 5.09 Å². The molecule has 0 spiro atoms. The number of aliphatic hydroxyl groups excluding tert-OH is 1. The van der Waals surface area contributed by atoms with Crippen LogP contribution >= 0.6 is 7.52 Å². The Labute approximate surface area is 180 Å². The smallest absolute Gasteiger partial charge is 0.386 e. The first-order valence-corrected chi connectivity index (χ1v) is 11.3. The van der Waals surface area contributed by atoms with E-state index in [0.717, 1.165) is 11.6 Å². The lowest BCUT2D eigenvalue weighted by molar-refractivity contribution is -0.146. The molecule has 0 aromatic heterocycles. The average Bonchev–Trinajstić information content (AvgIpc) is 2.77. The summed E-state index contributed by atoms with van der Waals surface area (Å²) < 4.78 is 53.7. The number of carbonyl (C=O) groups excluding carboxylic acids is 1. The number of rotatable bonds is 11. The van der Waals surface area contributed by atoms with Crippen LogP contribution in [0.25, 0.3) is 0 Å². The number of nitrogens with one attached hydrogen (secondary N) is 1. The van der Waals surface area contributed by atoms with Crippen molar-refractivity contribution >= 4 is 13.5 Å². The Morgan fingerprint density at radius 2 is 1.74 bits per heavy atom. The van der Waals surface area contributed by atoms with Gasteiger partial charge in [0.2, 0.25) is 0 Å². The maximum Gasteiger partial charge on any atom is 0.386 e. The molecule has 2 aromatic rings. The van der Waals surface area contributed by atoms with Crippen molar-refractivity contribution in [1.29, 1.82) is 0 Å². The summed E-state index contributed by atoms with van der Waals surface area (Å²) in [6.07, 6.45) is 0.142. The van der Waals surface area contributed by atoms with Crippen LogP contribution in [0.5, 0.6) is 5.75 Å². The van der Waals surface area contributed by atoms with Gasteiger partial charge in [0.25, 0.3) is 0 Å². The number of para-hydroxylation sites is 1. The van der Waals surface area contributed by atoms with Crippen LogP contribution in [0.3, 0.4) is 0 Å². The minimum absolute atomic E-state index is 0.0364. The number of allylic oxidation sites excluding steroid dienone is 1. The number of carbonyl (C=O) groups is 1. The SMILES string of the molecule is C/C(=C\CC(F)(F)P(=O)(N[C@@H](C)C(=O)OCc1ccccc1)Oc1ccccc1)CO. The van der Waals surface area contributed by atoms with E-state index in [9.17, 15) is 9.36 Å². The summed E-state index contributed by atoms with van der Waals surface area (Å²) in [7, 11) is -4.93. The summed E-state index contributed by atoms with van der Waals surface area (Å²) >= 11 is 0. The first kappa shape index (κ1) is 24.7. The third kappa shape index (κ3) is 7.28. The summed E-state index contributed by atoms with van der Waals surface area (Å²) in [4.78, 5) is 12.3. The number of hydrogen-bond acceptors (Lipinski definition) is 5. The van der Waals surface area contributed by atoms with Gasteiger partial charge in [-0.1, -0.05) is 60.2 Å². The van der Waals surface area contributed by atoms with Crippen LogP contribution in [-0.2, 0) is 20.7 Å². The van der Waals surface area contributed by atoms with E-state index in [1.54, 1.807) is 42.5 Å². The quantitative estimate of drug-likeness (QED) is 0.286. The Kier molecular flexibility index (Phi) is 8.92. The maximum atomic E-state index is 15.0. The Bertz CT molecular complexity index is 922. The second kappa shape index (κ2) is 11.2. The molecule has 0 saturated heterocycles. The van der Waals surface area contributed by atoms with Gasteiger partial charge in [-0.05, 0) is 31.5 Å². The normalized spacial score (nSPS) is 15.1. The van der Waals surface area contributed by atoms with E-state index in [2.05, 4.69) is 5.09 Å². The standard InChI is InChI=1S/C22H26F2NO5P/c1-17(15-26)13-14-22(23,24)31(28,30-20-11-7-4-8-12-20)25-18(2)21(27)29-16-19-9-5-3-6-10-19/h3-13,18,26H,14-16H2,1-2H3,(H,25,28)/b17-13+/t18-,31?/m0/s1. The monoisotopic (exact) mass is 453 g/mol. The van der Waals surface area contributed by atoms with E-state index in [-0.39, 0.29) is 12.4 Å². The Morgan fingerprint density at radius 3 is 2.32 bits per heavy atom. The molecule has 0 heterocycles. The minimum Gasteiger partial charge on any atom is -0.460 e. The zero-order valence-corrected chi connectivity index (χ0v) is 18.2. The molecule has 0 bridgehead atoms. The van der Waals surface area contributed by atoms with Crippen molar-refractivity contribution < 1.29 is 32.5 Å². The van der Waals surface area contributed by atoms with Crippen molar-refractivity contribution in [3.05, 3.63) is 77.9 Å². The highest BCUT2D eigenvalue weighted by molar-refractivity contribution is 7.58. The second-order valence-corrected chi connectivity index (χ2v) is 9.18. The van der Waals surface area contributed by atoms with Crippen LogP contribution in [0.15, 0.2) is 72.3 Å². The van der Waals surface area contributed by atoms with Crippen molar-refractivity contribution in [2.24, 2.45) is 0 Å². The molecule has 0 radical (unpaired) electrons. The number of aliphatic hydroxyl groups is 1. The van der Waals surface area contributed by atoms with Crippen molar-refractivity contribution in [2.45, 2.75) is 38.6 Å². The fourth-order valence-electron chi connectivity index (χ4n) is 2.46. The zero-order valence-electron chi connectivity index (χ0n) is 17.3. The van der Waals surface area contributed by atoms with E-state index in [4.69, 9.17) is 14.4 Å². The fraction of sp³-hybridized carbons (Fsp3) is 0.318. The van der Waals surface area contributed by atoms with E-state index in [1.165, 1.54) is 26.0 Å². The third-order valence-electron chi connectivity index (χ3n) is 4.29. The highest BCUT2D eigenvalue weighted by Gasteiger charge is 2.53. The number of esters is 1. The van der Waals surface area contributed by atoms with Crippen molar-refractivity contribution in [3.8, 4) is 5.75 Å². The highest BCUT2D eigenvalue weighted by atomic mass is 31.2. The summed E-state index contributed by atoms with van der Waals surface area (Å²) in [6, 6.07) is 15.0. The second-order valence-electron chi connectivity index (χ2n) is 6.98. The van der Waals surface area contributed by atoms with Gasteiger partial charge in [-0.3, -0.25) is 9.36 Å². The van der Waals surface area contributed by atoms with Crippen LogP contribution in [0.1, 0.15) is 25.8 Å². The molecule has 1 unspecified atom stereocenters. The third-order valence-corrected chi connectivity index (χ3v) is 6.53. The van der Waals surface area contributed by atoms with Crippen LogP contribution in [0.4, 0.5) is 8.78 Å². The van der Waals surface area contributed by atoms with Crippen LogP contribution < -0.4 is 9.61 Å². The molecule has 2 atom stereocenters. The highest BCUT2D eigenvalue weighted by Crippen LogP contribution is 2.59. The van der Waals surface area contributed by atoms with Gasteiger partial charge in [0.1, 0.15) is 18.4 Å². The molecule has 2 aromatic carbocycles. The van der Waals surface area contributed by atoms with Gasteiger partial charge < -0.3 is 14.4 Å². The molecule has 2 rings (SSSR count). The molecule has 0 saturated carbocycles. The predicted molar refractivity (Wildman–Crippen MR) is 114 cm³/mol. The molecule has 0 aliphatic rings. The molecular weight excluding hydrogens is 427 g/mol. The van der Waals surface area contributed by atoms with Gasteiger partial charge in [-0.2, -0.15) is 8.78 Å². The molecule has 0 aliphatic carbocycles. The molecular formula is C22H26F2NO5P. The van der Waals surface area contributed by atoms with E-state index in [1.807, 2.05) is 6.07 Å². The lowest BCUT2D eigenvalue weighted by Crippen LogP contribution is -2.39. The minimum atomic E-state index is -4.93. The molecule has 6 nitrogen and oxygen atoms in total. The summed E-state index contributed by atoms with van der Waals surface area (Å²) in [5, 5.41) is 11.2. The van der Waals surface area contributed by atoms with E-state index < -0.39 is 38.2 Å². The number of hydrogen-bond donors (Lipinski definition) is 2. The van der Waals surface area contributed by atoms with Crippen LogP contribution in [-0.4, -0.2) is 29.4 Å². The topological polar surface area (TPSA) is 84.9 Å².